The van der Waals surface area contributed by atoms with Gasteiger partial charge in [-0.2, -0.15) is 0 Å². The minimum Gasteiger partial charge on any atom is -0.316 e. The number of rotatable bonds is 5. The van der Waals surface area contributed by atoms with E-state index < -0.39 is 0 Å². The van der Waals surface area contributed by atoms with Crippen LogP contribution in [0.15, 0.2) is 18.6 Å². The van der Waals surface area contributed by atoms with Gasteiger partial charge in [-0.25, -0.2) is 4.98 Å². The second kappa shape index (κ2) is 5.67. The van der Waals surface area contributed by atoms with Gasteiger partial charge in [-0.15, -0.1) is 0 Å². The molecule has 5 nitrogen and oxygen atoms in total. The number of ketones is 1. The fourth-order valence-corrected chi connectivity index (χ4v) is 1.81. The van der Waals surface area contributed by atoms with Gasteiger partial charge in [0.2, 0.25) is 0 Å². The molecule has 16 heavy (non-hydrogen) atoms. The number of carbonyl (C=O) groups excluding carboxylic acids is 1. The average Bonchev–Trinajstić information content (AvgIpc) is 2.83. The van der Waals surface area contributed by atoms with Crippen LogP contribution in [-0.2, 0) is 0 Å². The second-order valence-corrected chi connectivity index (χ2v) is 4.00. The number of hydrogen-bond donors (Lipinski definition) is 2. The highest BCUT2D eigenvalue weighted by molar-refractivity contribution is 5.95. The van der Waals surface area contributed by atoms with Gasteiger partial charge in [0.1, 0.15) is 5.69 Å². The molecule has 0 unspecified atom stereocenters. The van der Waals surface area contributed by atoms with Crippen LogP contribution in [0, 0.1) is 5.92 Å². The molecule has 1 aliphatic heterocycles. The lowest BCUT2D eigenvalue weighted by Gasteiger charge is -2.08. The van der Waals surface area contributed by atoms with Gasteiger partial charge in [-0.1, -0.05) is 0 Å². The standard InChI is InChI=1S/C11H16N4O/c16-11(10-7-13-3-4-15-10)8-14-6-9-1-2-12-5-9/h3-4,7,9,12,14H,1-2,5-6,8H2/t9-/m1/s1. The lowest BCUT2D eigenvalue weighted by Crippen LogP contribution is -2.29. The minimum absolute atomic E-state index is 0.000874. The first-order valence-corrected chi connectivity index (χ1v) is 5.57. The van der Waals surface area contributed by atoms with E-state index in [-0.39, 0.29) is 5.78 Å². The first-order chi connectivity index (χ1) is 7.86. The molecule has 86 valence electrons. The van der Waals surface area contributed by atoms with Crippen LogP contribution in [0.4, 0.5) is 0 Å². The van der Waals surface area contributed by atoms with Crippen LogP contribution in [-0.4, -0.2) is 41.9 Å². The smallest absolute Gasteiger partial charge is 0.196 e. The molecule has 0 aliphatic carbocycles. The fraction of sp³-hybridized carbons (Fsp3) is 0.545. The maximum absolute atomic E-state index is 11.6. The second-order valence-electron chi connectivity index (χ2n) is 4.00. The number of nitrogens with zero attached hydrogens (tertiary/aromatic N) is 2. The van der Waals surface area contributed by atoms with Crippen molar-refractivity contribution in [2.75, 3.05) is 26.2 Å². The number of Topliss-reactive ketones (excluding diaryl/α,β-unsaturated/α-hetero) is 1. The largest absolute Gasteiger partial charge is 0.316 e. The van der Waals surface area contributed by atoms with Crippen molar-refractivity contribution in [3.8, 4) is 0 Å². The molecule has 1 aromatic heterocycles. The summed E-state index contributed by atoms with van der Waals surface area (Å²) in [6.07, 6.45) is 5.79. The summed E-state index contributed by atoms with van der Waals surface area (Å²) in [6, 6.07) is 0. The van der Waals surface area contributed by atoms with E-state index in [0.717, 1.165) is 19.6 Å². The quantitative estimate of drug-likeness (QED) is 0.676. The first kappa shape index (κ1) is 11.2. The summed E-state index contributed by atoms with van der Waals surface area (Å²) in [6.45, 7) is 3.37. The van der Waals surface area contributed by atoms with Gasteiger partial charge in [0.25, 0.3) is 0 Å². The highest BCUT2D eigenvalue weighted by Crippen LogP contribution is 2.05. The van der Waals surface area contributed by atoms with E-state index in [9.17, 15) is 4.79 Å². The maximum Gasteiger partial charge on any atom is 0.196 e. The Labute approximate surface area is 94.7 Å². The van der Waals surface area contributed by atoms with Gasteiger partial charge in [0, 0.05) is 12.4 Å². The van der Waals surface area contributed by atoms with Crippen molar-refractivity contribution in [2.24, 2.45) is 5.92 Å². The van der Waals surface area contributed by atoms with Crippen molar-refractivity contribution in [3.63, 3.8) is 0 Å². The van der Waals surface area contributed by atoms with Crippen LogP contribution in [0.2, 0.25) is 0 Å². The predicted molar refractivity (Wildman–Crippen MR) is 60.2 cm³/mol. The molecule has 0 aromatic carbocycles. The summed E-state index contributed by atoms with van der Waals surface area (Å²) in [5, 5.41) is 6.46. The topological polar surface area (TPSA) is 66.9 Å². The van der Waals surface area contributed by atoms with E-state index in [1.807, 2.05) is 0 Å². The monoisotopic (exact) mass is 220 g/mol. The lowest BCUT2D eigenvalue weighted by molar-refractivity contribution is 0.0985. The Morgan fingerprint density at radius 3 is 3.19 bits per heavy atom. The van der Waals surface area contributed by atoms with Gasteiger partial charge < -0.3 is 10.6 Å². The molecule has 1 aliphatic rings. The summed E-state index contributed by atoms with van der Waals surface area (Å²) in [5.74, 6) is 0.647. The van der Waals surface area contributed by atoms with E-state index >= 15 is 0 Å². The van der Waals surface area contributed by atoms with Crippen molar-refractivity contribution in [1.82, 2.24) is 20.6 Å². The Kier molecular flexibility index (Phi) is 3.96. The van der Waals surface area contributed by atoms with E-state index in [0.29, 0.717) is 18.2 Å². The number of carbonyl (C=O) groups is 1. The molecule has 1 saturated heterocycles. The average molecular weight is 220 g/mol. The first-order valence-electron chi connectivity index (χ1n) is 5.57. The summed E-state index contributed by atoms with van der Waals surface area (Å²) < 4.78 is 0. The molecule has 2 heterocycles. The Balaban J connectivity index is 1.71. The third-order valence-electron chi connectivity index (χ3n) is 2.73. The van der Waals surface area contributed by atoms with Gasteiger partial charge in [0.05, 0.1) is 12.7 Å². The highest BCUT2D eigenvalue weighted by Gasteiger charge is 2.14. The molecule has 0 saturated carbocycles. The molecule has 0 radical (unpaired) electrons. The van der Waals surface area contributed by atoms with Crippen LogP contribution < -0.4 is 10.6 Å². The van der Waals surface area contributed by atoms with Crippen LogP contribution in [0.25, 0.3) is 0 Å². The minimum atomic E-state index is -0.000874. The Morgan fingerprint density at radius 2 is 2.50 bits per heavy atom. The molecule has 0 spiro atoms. The van der Waals surface area contributed by atoms with Gasteiger partial charge in [-0.05, 0) is 32.0 Å². The molecule has 1 fully saturated rings. The summed E-state index contributed by atoms with van der Waals surface area (Å²) in [7, 11) is 0. The molecule has 1 atom stereocenters. The predicted octanol–water partition coefficient (Wildman–Crippen LogP) is -0.142. The van der Waals surface area contributed by atoms with E-state index in [1.54, 1.807) is 6.20 Å². The zero-order chi connectivity index (χ0) is 11.2. The van der Waals surface area contributed by atoms with Crippen molar-refractivity contribution < 1.29 is 4.79 Å². The Hall–Kier alpha value is -1.33. The van der Waals surface area contributed by atoms with Crippen molar-refractivity contribution in [1.29, 1.82) is 0 Å². The lowest BCUT2D eigenvalue weighted by atomic mass is 10.1. The SMILES string of the molecule is O=C(CNC[C@@H]1CCNC1)c1cnccn1. The van der Waals surface area contributed by atoms with E-state index in [2.05, 4.69) is 20.6 Å². The van der Waals surface area contributed by atoms with Crippen LogP contribution in [0.3, 0.4) is 0 Å². The zero-order valence-corrected chi connectivity index (χ0v) is 9.15. The molecule has 1 aromatic rings. The number of aromatic nitrogens is 2. The molecule has 0 amide bonds. The maximum atomic E-state index is 11.6. The normalized spacial score (nSPS) is 19.9. The molecule has 5 heteroatoms. The molecule has 2 N–H and O–H groups in total. The summed E-state index contributed by atoms with van der Waals surface area (Å²) in [5.41, 5.74) is 0.430. The Bertz CT molecular complexity index is 335. The van der Waals surface area contributed by atoms with Crippen molar-refractivity contribution in [2.45, 2.75) is 6.42 Å². The van der Waals surface area contributed by atoms with Crippen LogP contribution in [0.5, 0.6) is 0 Å². The van der Waals surface area contributed by atoms with Crippen LogP contribution >= 0.6 is 0 Å². The van der Waals surface area contributed by atoms with E-state index in [1.165, 1.54) is 18.8 Å². The van der Waals surface area contributed by atoms with Gasteiger partial charge >= 0.3 is 0 Å². The third kappa shape index (κ3) is 3.08. The van der Waals surface area contributed by atoms with Crippen molar-refractivity contribution >= 4 is 5.78 Å². The number of hydrogen-bond acceptors (Lipinski definition) is 5. The Morgan fingerprint density at radius 1 is 1.56 bits per heavy atom. The fourth-order valence-electron chi connectivity index (χ4n) is 1.81. The van der Waals surface area contributed by atoms with Gasteiger partial charge in [-0.3, -0.25) is 9.78 Å². The molecule has 0 bridgehead atoms. The van der Waals surface area contributed by atoms with Crippen LogP contribution in [0.1, 0.15) is 16.9 Å². The molecular weight excluding hydrogens is 204 g/mol. The molecule has 2 rings (SSSR count). The van der Waals surface area contributed by atoms with Crippen molar-refractivity contribution in [3.05, 3.63) is 24.3 Å². The number of nitrogens with one attached hydrogen (secondary N) is 2. The third-order valence-corrected chi connectivity index (χ3v) is 2.73. The summed E-state index contributed by atoms with van der Waals surface area (Å²) >= 11 is 0. The summed E-state index contributed by atoms with van der Waals surface area (Å²) in [4.78, 5) is 19.5. The van der Waals surface area contributed by atoms with E-state index in [4.69, 9.17) is 0 Å². The highest BCUT2D eigenvalue weighted by atomic mass is 16.1. The molecular formula is C11H16N4O. The zero-order valence-electron chi connectivity index (χ0n) is 9.15. The van der Waals surface area contributed by atoms with Gasteiger partial charge in [0.15, 0.2) is 5.78 Å².